The molecule has 0 saturated carbocycles. The molecule has 0 amide bonds. The number of unbranched alkanes of at least 4 members (excludes halogenated alkanes) is 1. The second-order valence-electron chi connectivity index (χ2n) is 6.91. The van der Waals surface area contributed by atoms with E-state index in [1.807, 2.05) is 24.3 Å². The Hall–Kier alpha value is -1.06. The maximum atomic E-state index is 9.60. The topological polar surface area (TPSA) is 40.5 Å². The zero-order valence-corrected chi connectivity index (χ0v) is 16.6. The molecule has 2 N–H and O–H groups in total. The van der Waals surface area contributed by atoms with Gasteiger partial charge in [-0.2, -0.15) is 0 Å². The summed E-state index contributed by atoms with van der Waals surface area (Å²) in [5.41, 5.74) is 2.51. The van der Waals surface area contributed by atoms with Crippen molar-refractivity contribution >= 4 is 23.2 Å². The second kappa shape index (κ2) is 11.6. The zero-order chi connectivity index (χ0) is 18.8. The highest BCUT2D eigenvalue weighted by molar-refractivity contribution is 6.30. The summed E-state index contributed by atoms with van der Waals surface area (Å²) >= 11 is 12.0. The van der Waals surface area contributed by atoms with Gasteiger partial charge in [-0.05, 0) is 79.3 Å². The Balaban J connectivity index is 2.13. The van der Waals surface area contributed by atoms with Gasteiger partial charge in [-0.25, -0.2) is 0 Å². The predicted molar refractivity (Wildman–Crippen MR) is 110 cm³/mol. The highest BCUT2D eigenvalue weighted by Crippen LogP contribution is 2.30. The molecule has 0 radical (unpaired) electrons. The van der Waals surface area contributed by atoms with Crippen LogP contribution in [0.2, 0.25) is 10.0 Å². The van der Waals surface area contributed by atoms with Gasteiger partial charge in [-0.15, -0.1) is 0 Å². The lowest BCUT2D eigenvalue weighted by Gasteiger charge is -2.27. The average Bonchev–Trinajstić information content (AvgIpc) is 2.64. The first-order chi connectivity index (χ1) is 12.6. The third kappa shape index (κ3) is 7.28. The van der Waals surface area contributed by atoms with E-state index in [1.165, 1.54) is 11.1 Å². The largest absolute Gasteiger partial charge is 0.396 e. The van der Waals surface area contributed by atoms with Gasteiger partial charge in [0.2, 0.25) is 0 Å². The van der Waals surface area contributed by atoms with Gasteiger partial charge in [-0.1, -0.05) is 53.9 Å². The fraction of sp³-hybridized carbons (Fsp3) is 0.455. The summed E-state index contributed by atoms with van der Waals surface area (Å²) in [6, 6.07) is 16.0. The van der Waals surface area contributed by atoms with E-state index in [-0.39, 0.29) is 13.2 Å². The number of rotatable bonds is 11. The first kappa shape index (κ1) is 21.2. The summed E-state index contributed by atoms with van der Waals surface area (Å²) in [7, 11) is 0. The minimum absolute atomic E-state index is 0.190. The zero-order valence-electron chi connectivity index (χ0n) is 15.1. The molecule has 142 valence electrons. The molecule has 4 heteroatoms. The van der Waals surface area contributed by atoms with Gasteiger partial charge in [-0.3, -0.25) is 0 Å². The number of hydrogen-bond acceptors (Lipinski definition) is 2. The standard InChI is InChI=1S/C22H28Cl2O2/c23-21-8-4-17(5-9-21)15-19(3-1-2-13-25)20(12-14-26)16-18-6-10-22(24)11-7-18/h4-11,19-20,25-26H,1-3,12-16H2/t19-,20-/m1/s1. The Bertz CT molecular complexity index is 626. The summed E-state index contributed by atoms with van der Waals surface area (Å²) in [4.78, 5) is 0. The minimum atomic E-state index is 0.190. The van der Waals surface area contributed by atoms with Gasteiger partial charge in [0.15, 0.2) is 0 Å². The average molecular weight is 395 g/mol. The number of halogens is 2. The van der Waals surface area contributed by atoms with Crippen LogP contribution in [-0.4, -0.2) is 23.4 Å². The fourth-order valence-corrected chi connectivity index (χ4v) is 3.79. The van der Waals surface area contributed by atoms with Crippen molar-refractivity contribution < 1.29 is 10.2 Å². The van der Waals surface area contributed by atoms with Crippen molar-refractivity contribution in [3.05, 3.63) is 69.7 Å². The third-order valence-corrected chi connectivity index (χ3v) is 5.48. The Labute approximate surface area is 166 Å². The lowest BCUT2D eigenvalue weighted by atomic mass is 9.78. The van der Waals surface area contributed by atoms with Gasteiger partial charge < -0.3 is 10.2 Å². The molecule has 0 saturated heterocycles. The SMILES string of the molecule is OCCCC[C@H](Cc1ccc(Cl)cc1)[C@H](CCO)Cc1ccc(Cl)cc1. The van der Waals surface area contributed by atoms with Crippen LogP contribution < -0.4 is 0 Å². The molecule has 0 fully saturated rings. The number of benzene rings is 2. The van der Waals surface area contributed by atoms with Gasteiger partial charge in [0.05, 0.1) is 0 Å². The maximum absolute atomic E-state index is 9.60. The molecule has 0 aromatic heterocycles. The first-order valence-corrected chi connectivity index (χ1v) is 10.1. The van der Waals surface area contributed by atoms with Crippen LogP contribution in [0.25, 0.3) is 0 Å². The summed E-state index contributed by atoms with van der Waals surface area (Å²) in [6.07, 6.45) is 5.53. The van der Waals surface area contributed by atoms with Crippen molar-refractivity contribution in [3.8, 4) is 0 Å². The molecule has 0 unspecified atom stereocenters. The maximum Gasteiger partial charge on any atom is 0.0433 e. The molecule has 2 nitrogen and oxygen atoms in total. The van der Waals surface area contributed by atoms with Crippen molar-refractivity contribution in [2.75, 3.05) is 13.2 Å². The highest BCUT2D eigenvalue weighted by atomic mass is 35.5. The van der Waals surface area contributed by atoms with E-state index in [2.05, 4.69) is 24.3 Å². The smallest absolute Gasteiger partial charge is 0.0433 e. The molecule has 0 spiro atoms. The molecule has 2 aromatic rings. The molecule has 2 atom stereocenters. The molecule has 2 aromatic carbocycles. The molecular formula is C22H28Cl2O2. The number of aliphatic hydroxyl groups is 2. The van der Waals surface area contributed by atoms with Crippen LogP contribution in [0.15, 0.2) is 48.5 Å². The second-order valence-corrected chi connectivity index (χ2v) is 7.79. The van der Waals surface area contributed by atoms with Crippen LogP contribution in [0, 0.1) is 11.8 Å². The lowest BCUT2D eigenvalue weighted by Crippen LogP contribution is -2.21. The van der Waals surface area contributed by atoms with E-state index < -0.39 is 0 Å². The summed E-state index contributed by atoms with van der Waals surface area (Å²) in [5.74, 6) is 0.834. The Kier molecular flexibility index (Phi) is 9.49. The number of aliphatic hydroxyl groups excluding tert-OH is 2. The molecule has 0 aliphatic carbocycles. The fourth-order valence-electron chi connectivity index (χ4n) is 3.54. The molecule has 0 heterocycles. The molecule has 0 aliphatic heterocycles. The first-order valence-electron chi connectivity index (χ1n) is 9.33. The molecule has 2 rings (SSSR count). The molecule has 0 aliphatic rings. The van der Waals surface area contributed by atoms with Crippen LogP contribution >= 0.6 is 23.2 Å². The summed E-state index contributed by atoms with van der Waals surface area (Å²) < 4.78 is 0. The van der Waals surface area contributed by atoms with Crippen LogP contribution in [0.5, 0.6) is 0 Å². The van der Waals surface area contributed by atoms with E-state index in [0.717, 1.165) is 48.6 Å². The van der Waals surface area contributed by atoms with E-state index in [0.29, 0.717) is 11.8 Å². The monoisotopic (exact) mass is 394 g/mol. The molecule has 0 bridgehead atoms. The van der Waals surface area contributed by atoms with Crippen molar-refractivity contribution in [2.24, 2.45) is 11.8 Å². The Morgan fingerprint density at radius 3 is 1.50 bits per heavy atom. The minimum Gasteiger partial charge on any atom is -0.396 e. The predicted octanol–water partition coefficient (Wildman–Crippen LogP) is 5.56. The van der Waals surface area contributed by atoms with E-state index >= 15 is 0 Å². The molecular weight excluding hydrogens is 367 g/mol. The van der Waals surface area contributed by atoms with Crippen LogP contribution in [0.1, 0.15) is 36.8 Å². The third-order valence-electron chi connectivity index (χ3n) is 4.97. The highest BCUT2D eigenvalue weighted by Gasteiger charge is 2.22. The van der Waals surface area contributed by atoms with Crippen molar-refractivity contribution in [1.29, 1.82) is 0 Å². The summed E-state index contributed by atoms with van der Waals surface area (Å²) in [5, 5.41) is 20.2. The Morgan fingerprint density at radius 2 is 1.08 bits per heavy atom. The normalized spacial score (nSPS) is 13.5. The quantitative estimate of drug-likeness (QED) is 0.490. The van der Waals surface area contributed by atoms with E-state index in [4.69, 9.17) is 28.3 Å². The summed E-state index contributed by atoms with van der Waals surface area (Å²) in [6.45, 7) is 0.422. The van der Waals surface area contributed by atoms with Crippen molar-refractivity contribution in [3.63, 3.8) is 0 Å². The van der Waals surface area contributed by atoms with Crippen molar-refractivity contribution in [1.82, 2.24) is 0 Å². The van der Waals surface area contributed by atoms with Gasteiger partial charge in [0.25, 0.3) is 0 Å². The van der Waals surface area contributed by atoms with Gasteiger partial charge in [0.1, 0.15) is 0 Å². The lowest BCUT2D eigenvalue weighted by molar-refractivity contribution is 0.203. The Morgan fingerprint density at radius 1 is 0.615 bits per heavy atom. The van der Waals surface area contributed by atoms with Crippen LogP contribution in [0.3, 0.4) is 0 Å². The molecule has 26 heavy (non-hydrogen) atoms. The van der Waals surface area contributed by atoms with E-state index in [1.54, 1.807) is 0 Å². The van der Waals surface area contributed by atoms with Crippen LogP contribution in [0.4, 0.5) is 0 Å². The van der Waals surface area contributed by atoms with Crippen LogP contribution in [-0.2, 0) is 12.8 Å². The van der Waals surface area contributed by atoms with Gasteiger partial charge in [0, 0.05) is 23.3 Å². The van der Waals surface area contributed by atoms with Gasteiger partial charge >= 0.3 is 0 Å². The van der Waals surface area contributed by atoms with Crippen molar-refractivity contribution in [2.45, 2.75) is 38.5 Å². The van der Waals surface area contributed by atoms with E-state index in [9.17, 15) is 5.11 Å². The number of hydrogen-bond donors (Lipinski definition) is 2.